The Morgan fingerprint density at radius 2 is 2.33 bits per heavy atom. The number of hydrogen-bond acceptors (Lipinski definition) is 4. The average molecular weight is 215 g/mol. The van der Waals surface area contributed by atoms with E-state index in [0.717, 1.165) is 32.7 Å². The zero-order chi connectivity index (χ0) is 11.3. The zero-order valence-electron chi connectivity index (χ0n) is 9.57. The Bertz CT molecular complexity index is 209. The molecule has 1 atom stereocenters. The molecule has 1 unspecified atom stereocenters. The van der Waals surface area contributed by atoms with Crippen LogP contribution in [0.25, 0.3) is 0 Å². The molecule has 1 aliphatic heterocycles. The minimum Gasteiger partial charge on any atom is -0.481 e. The van der Waals surface area contributed by atoms with Gasteiger partial charge in [-0.2, -0.15) is 0 Å². The molecule has 0 radical (unpaired) electrons. The van der Waals surface area contributed by atoms with E-state index < -0.39 is 5.97 Å². The van der Waals surface area contributed by atoms with Crippen molar-refractivity contribution in [1.82, 2.24) is 15.1 Å². The molecule has 0 aromatic carbocycles. The average Bonchev–Trinajstić information content (AvgIpc) is 2.15. The minimum atomic E-state index is -0.710. The maximum atomic E-state index is 10.7. The lowest BCUT2D eigenvalue weighted by molar-refractivity contribution is -0.138. The first-order valence-electron chi connectivity index (χ1n) is 5.41. The number of carbonyl (C=O) groups is 1. The van der Waals surface area contributed by atoms with E-state index in [0.29, 0.717) is 0 Å². The predicted molar refractivity (Wildman–Crippen MR) is 59.0 cm³/mol. The van der Waals surface area contributed by atoms with Crippen molar-refractivity contribution in [2.75, 3.05) is 46.8 Å². The summed E-state index contributed by atoms with van der Waals surface area (Å²) in [5, 5.41) is 12.0. The summed E-state index contributed by atoms with van der Waals surface area (Å²) < 4.78 is 0. The lowest BCUT2D eigenvalue weighted by Crippen LogP contribution is -2.53. The van der Waals surface area contributed by atoms with Gasteiger partial charge in [0.25, 0.3) is 0 Å². The topological polar surface area (TPSA) is 55.8 Å². The molecule has 1 rings (SSSR count). The molecule has 0 saturated carbocycles. The van der Waals surface area contributed by atoms with Crippen molar-refractivity contribution < 1.29 is 9.90 Å². The van der Waals surface area contributed by atoms with E-state index >= 15 is 0 Å². The summed E-state index contributed by atoms with van der Waals surface area (Å²) in [5.74, 6) is -0.710. The van der Waals surface area contributed by atoms with Crippen molar-refractivity contribution in [3.05, 3.63) is 0 Å². The van der Waals surface area contributed by atoms with Gasteiger partial charge in [0.2, 0.25) is 0 Å². The van der Waals surface area contributed by atoms with Gasteiger partial charge >= 0.3 is 5.97 Å². The van der Waals surface area contributed by atoms with Gasteiger partial charge in [-0.3, -0.25) is 9.69 Å². The maximum absolute atomic E-state index is 10.7. The molecule has 0 aromatic rings. The van der Waals surface area contributed by atoms with E-state index in [2.05, 4.69) is 15.1 Å². The van der Waals surface area contributed by atoms with E-state index in [4.69, 9.17) is 5.11 Å². The minimum absolute atomic E-state index is 0.149. The molecule has 88 valence electrons. The first-order valence-corrected chi connectivity index (χ1v) is 5.41. The van der Waals surface area contributed by atoms with Crippen LogP contribution < -0.4 is 5.32 Å². The highest BCUT2D eigenvalue weighted by Gasteiger charge is 2.23. The fourth-order valence-corrected chi connectivity index (χ4v) is 1.83. The van der Waals surface area contributed by atoms with Crippen LogP contribution >= 0.6 is 0 Å². The summed E-state index contributed by atoms with van der Waals surface area (Å²) >= 11 is 0. The number of rotatable bonds is 5. The molecule has 2 N–H and O–H groups in total. The smallest absolute Gasteiger partial charge is 0.304 e. The second-order valence-electron chi connectivity index (χ2n) is 4.30. The van der Waals surface area contributed by atoms with Gasteiger partial charge in [0.1, 0.15) is 0 Å². The second kappa shape index (κ2) is 6.05. The van der Waals surface area contributed by atoms with E-state index in [1.807, 2.05) is 14.1 Å². The first kappa shape index (κ1) is 12.4. The maximum Gasteiger partial charge on any atom is 0.304 e. The van der Waals surface area contributed by atoms with E-state index in [-0.39, 0.29) is 12.5 Å². The molecule has 5 heteroatoms. The number of carboxylic acid groups (broad SMARTS) is 1. The van der Waals surface area contributed by atoms with Crippen molar-refractivity contribution in [2.24, 2.45) is 0 Å². The van der Waals surface area contributed by atoms with Crippen LogP contribution in [0.2, 0.25) is 0 Å². The monoisotopic (exact) mass is 215 g/mol. The largest absolute Gasteiger partial charge is 0.481 e. The Morgan fingerprint density at radius 3 is 2.93 bits per heavy atom. The van der Waals surface area contributed by atoms with E-state index in [1.54, 1.807) is 0 Å². The van der Waals surface area contributed by atoms with Gasteiger partial charge < -0.3 is 15.3 Å². The van der Waals surface area contributed by atoms with Crippen molar-refractivity contribution >= 4 is 5.97 Å². The third kappa shape index (κ3) is 4.59. The Labute approximate surface area is 91.0 Å². The van der Waals surface area contributed by atoms with Crippen LogP contribution in [0.3, 0.4) is 0 Å². The molecule has 5 nitrogen and oxygen atoms in total. The van der Waals surface area contributed by atoms with Gasteiger partial charge in [-0.25, -0.2) is 0 Å². The second-order valence-corrected chi connectivity index (χ2v) is 4.30. The first-order chi connectivity index (χ1) is 7.09. The molecule has 0 spiro atoms. The van der Waals surface area contributed by atoms with Gasteiger partial charge in [-0.05, 0) is 14.1 Å². The van der Waals surface area contributed by atoms with Crippen LogP contribution in [0.5, 0.6) is 0 Å². The molecule has 0 aromatic heterocycles. The lowest BCUT2D eigenvalue weighted by atomic mass is 10.1. The summed E-state index contributed by atoms with van der Waals surface area (Å²) in [5.41, 5.74) is 0. The Kier molecular flexibility index (Phi) is 5.01. The highest BCUT2D eigenvalue weighted by molar-refractivity contribution is 5.67. The third-order valence-corrected chi connectivity index (χ3v) is 2.72. The summed E-state index contributed by atoms with van der Waals surface area (Å²) in [6.07, 6.45) is 0.237. The Morgan fingerprint density at radius 1 is 1.60 bits per heavy atom. The van der Waals surface area contributed by atoms with Gasteiger partial charge in [-0.1, -0.05) is 0 Å². The highest BCUT2D eigenvalue weighted by Crippen LogP contribution is 2.07. The van der Waals surface area contributed by atoms with Gasteiger partial charge in [0, 0.05) is 38.8 Å². The molecule has 0 aliphatic carbocycles. The van der Waals surface area contributed by atoms with Crippen LogP contribution in [0.1, 0.15) is 6.42 Å². The van der Waals surface area contributed by atoms with Crippen LogP contribution in [0.15, 0.2) is 0 Å². The van der Waals surface area contributed by atoms with Gasteiger partial charge in [0.05, 0.1) is 6.42 Å². The summed E-state index contributed by atoms with van der Waals surface area (Å²) in [6.45, 7) is 4.64. The normalized spacial score (nSPS) is 23.3. The quantitative estimate of drug-likeness (QED) is 0.635. The zero-order valence-corrected chi connectivity index (χ0v) is 9.57. The molecular formula is C10H21N3O2. The fourth-order valence-electron chi connectivity index (χ4n) is 1.83. The molecule has 1 heterocycles. The van der Waals surface area contributed by atoms with Crippen molar-refractivity contribution in [1.29, 1.82) is 0 Å². The molecule has 0 amide bonds. The Hall–Kier alpha value is -0.650. The molecule has 1 saturated heterocycles. The lowest BCUT2D eigenvalue weighted by Gasteiger charge is -2.35. The van der Waals surface area contributed by atoms with Crippen LogP contribution in [-0.4, -0.2) is 73.7 Å². The van der Waals surface area contributed by atoms with Gasteiger partial charge in [0.15, 0.2) is 0 Å². The summed E-state index contributed by atoms with van der Waals surface area (Å²) in [7, 11) is 4.07. The SMILES string of the molecule is CN(C)CCN1CCNCC1CC(=O)O. The molecule has 15 heavy (non-hydrogen) atoms. The molecule has 1 fully saturated rings. The number of carboxylic acids is 1. The van der Waals surface area contributed by atoms with Crippen LogP contribution in [0.4, 0.5) is 0 Å². The number of aliphatic carboxylic acids is 1. The van der Waals surface area contributed by atoms with Crippen molar-refractivity contribution in [3.8, 4) is 0 Å². The van der Waals surface area contributed by atoms with Crippen LogP contribution in [-0.2, 0) is 4.79 Å². The van der Waals surface area contributed by atoms with E-state index in [9.17, 15) is 4.79 Å². The molecule has 1 aliphatic rings. The molecular weight excluding hydrogens is 194 g/mol. The number of piperazine rings is 1. The standard InChI is InChI=1S/C10H21N3O2/c1-12(2)5-6-13-4-3-11-8-9(13)7-10(14)15/h9,11H,3-8H2,1-2H3,(H,14,15). The van der Waals surface area contributed by atoms with E-state index in [1.165, 1.54) is 0 Å². The fraction of sp³-hybridized carbons (Fsp3) is 0.900. The summed E-state index contributed by atoms with van der Waals surface area (Å²) in [6, 6.07) is 0.149. The van der Waals surface area contributed by atoms with Gasteiger partial charge in [-0.15, -0.1) is 0 Å². The molecule has 0 bridgehead atoms. The number of hydrogen-bond donors (Lipinski definition) is 2. The van der Waals surface area contributed by atoms with Crippen LogP contribution in [0, 0.1) is 0 Å². The van der Waals surface area contributed by atoms with Crippen molar-refractivity contribution in [3.63, 3.8) is 0 Å². The number of nitrogens with zero attached hydrogens (tertiary/aromatic N) is 2. The third-order valence-electron chi connectivity index (χ3n) is 2.72. The predicted octanol–water partition coefficient (Wildman–Crippen LogP) is -0.703. The number of nitrogens with one attached hydrogen (secondary N) is 1. The number of likely N-dealkylation sites (N-methyl/N-ethyl adjacent to an activating group) is 1. The highest BCUT2D eigenvalue weighted by atomic mass is 16.4. The van der Waals surface area contributed by atoms with Crippen molar-refractivity contribution in [2.45, 2.75) is 12.5 Å². The Balaban J connectivity index is 2.39. The summed E-state index contributed by atoms with van der Waals surface area (Å²) in [4.78, 5) is 15.1.